The molecule has 1 N–H and O–H groups in total. The third kappa shape index (κ3) is 4.62. The van der Waals surface area contributed by atoms with Gasteiger partial charge in [-0.1, -0.05) is 28.1 Å². The maximum absolute atomic E-state index is 12.2. The third-order valence-electron chi connectivity index (χ3n) is 3.69. The second-order valence-electron chi connectivity index (χ2n) is 5.27. The molecule has 0 unspecified atom stereocenters. The third-order valence-corrected chi connectivity index (χ3v) is 4.21. The van der Waals surface area contributed by atoms with Crippen LogP contribution in [0.1, 0.15) is 18.4 Å². The van der Waals surface area contributed by atoms with E-state index in [-0.39, 0.29) is 5.91 Å². The predicted molar refractivity (Wildman–Crippen MR) is 81.1 cm³/mol. The molecule has 2 rings (SSSR count). The average molecular weight is 325 g/mol. The number of carbonyl (C=O) groups excluding carboxylic acids is 1. The summed E-state index contributed by atoms with van der Waals surface area (Å²) >= 11 is 3.41. The lowest BCUT2D eigenvalue weighted by Gasteiger charge is -2.27. The number of rotatable bonds is 4. The summed E-state index contributed by atoms with van der Waals surface area (Å²) in [5.41, 5.74) is 1.07. The summed E-state index contributed by atoms with van der Waals surface area (Å²) in [4.78, 5) is 14.1. The number of piperidine rings is 1. The van der Waals surface area contributed by atoms with Gasteiger partial charge < -0.3 is 10.2 Å². The van der Waals surface area contributed by atoms with E-state index in [9.17, 15) is 4.79 Å². The molecule has 1 heterocycles. The normalized spacial score (nSPS) is 16.3. The molecule has 0 atom stereocenters. The number of amides is 1. The van der Waals surface area contributed by atoms with Crippen molar-refractivity contribution < 1.29 is 4.79 Å². The van der Waals surface area contributed by atoms with Crippen LogP contribution in [0.15, 0.2) is 28.7 Å². The molecule has 0 spiro atoms. The van der Waals surface area contributed by atoms with E-state index in [0.717, 1.165) is 29.7 Å². The van der Waals surface area contributed by atoms with Crippen LogP contribution in [0.3, 0.4) is 0 Å². The number of likely N-dealkylation sites (N-methyl/N-ethyl adjacent to an activating group) is 1. The van der Waals surface area contributed by atoms with Gasteiger partial charge in [0.25, 0.3) is 0 Å². The van der Waals surface area contributed by atoms with E-state index in [1.807, 2.05) is 36.2 Å². The molecule has 0 aromatic heterocycles. The molecule has 104 valence electrons. The molecule has 4 heteroatoms. The second kappa shape index (κ2) is 7.06. The summed E-state index contributed by atoms with van der Waals surface area (Å²) in [5.74, 6) is 0.862. The van der Waals surface area contributed by atoms with Gasteiger partial charge in [-0.05, 0) is 49.5 Å². The first kappa shape index (κ1) is 14.5. The second-order valence-corrected chi connectivity index (χ2v) is 6.19. The molecule has 1 aliphatic rings. The van der Waals surface area contributed by atoms with Crippen molar-refractivity contribution in [1.82, 2.24) is 10.2 Å². The summed E-state index contributed by atoms with van der Waals surface area (Å²) in [6.45, 7) is 3.05. The largest absolute Gasteiger partial charge is 0.345 e. The number of hydrogen-bond donors (Lipinski definition) is 1. The van der Waals surface area contributed by atoms with Gasteiger partial charge >= 0.3 is 0 Å². The Morgan fingerprint density at radius 2 is 1.95 bits per heavy atom. The zero-order chi connectivity index (χ0) is 13.7. The van der Waals surface area contributed by atoms with Crippen LogP contribution in [0, 0.1) is 5.92 Å². The molecule has 19 heavy (non-hydrogen) atoms. The smallest absolute Gasteiger partial charge is 0.226 e. The lowest BCUT2D eigenvalue weighted by atomic mass is 9.97. The highest BCUT2D eigenvalue weighted by atomic mass is 79.9. The van der Waals surface area contributed by atoms with E-state index >= 15 is 0 Å². The van der Waals surface area contributed by atoms with Crippen LogP contribution in [-0.2, 0) is 11.2 Å². The maximum atomic E-state index is 12.2. The summed E-state index contributed by atoms with van der Waals surface area (Å²) in [5, 5.41) is 3.35. The highest BCUT2D eigenvalue weighted by molar-refractivity contribution is 9.10. The molecule has 1 amide bonds. The van der Waals surface area contributed by atoms with Gasteiger partial charge in [-0.2, -0.15) is 0 Å². The maximum Gasteiger partial charge on any atom is 0.226 e. The van der Waals surface area contributed by atoms with Crippen LogP contribution in [0.2, 0.25) is 0 Å². The molecule has 0 radical (unpaired) electrons. The SMILES string of the molecule is CN(CC1CCNCC1)C(=O)Cc1ccc(Br)cc1. The molecule has 1 aliphatic heterocycles. The quantitative estimate of drug-likeness (QED) is 0.922. The van der Waals surface area contributed by atoms with Gasteiger partial charge in [-0.3, -0.25) is 4.79 Å². The van der Waals surface area contributed by atoms with Gasteiger partial charge in [0.2, 0.25) is 5.91 Å². The minimum Gasteiger partial charge on any atom is -0.345 e. The zero-order valence-electron chi connectivity index (χ0n) is 11.4. The number of halogens is 1. The Balaban J connectivity index is 1.83. The van der Waals surface area contributed by atoms with E-state index in [0.29, 0.717) is 12.3 Å². The summed E-state index contributed by atoms with van der Waals surface area (Å²) in [6.07, 6.45) is 2.85. The molecular weight excluding hydrogens is 304 g/mol. The number of nitrogens with one attached hydrogen (secondary N) is 1. The lowest BCUT2D eigenvalue weighted by molar-refractivity contribution is -0.129. The molecule has 1 saturated heterocycles. The van der Waals surface area contributed by atoms with Gasteiger partial charge in [0.05, 0.1) is 6.42 Å². The van der Waals surface area contributed by atoms with E-state index in [4.69, 9.17) is 0 Å². The highest BCUT2D eigenvalue weighted by Gasteiger charge is 2.18. The van der Waals surface area contributed by atoms with Crippen LogP contribution < -0.4 is 5.32 Å². The van der Waals surface area contributed by atoms with Gasteiger partial charge in [-0.15, -0.1) is 0 Å². The number of hydrogen-bond acceptors (Lipinski definition) is 2. The Labute approximate surface area is 123 Å². The number of carbonyl (C=O) groups is 1. The Bertz CT molecular complexity index is 413. The molecule has 0 bridgehead atoms. The van der Waals surface area contributed by atoms with Gasteiger partial charge in [0.1, 0.15) is 0 Å². The van der Waals surface area contributed by atoms with E-state index in [2.05, 4.69) is 21.2 Å². The fraction of sp³-hybridized carbons (Fsp3) is 0.533. The molecule has 0 saturated carbocycles. The van der Waals surface area contributed by atoms with Crippen molar-refractivity contribution in [2.75, 3.05) is 26.7 Å². The zero-order valence-corrected chi connectivity index (χ0v) is 12.9. The van der Waals surface area contributed by atoms with Gasteiger partial charge in [0.15, 0.2) is 0 Å². The van der Waals surface area contributed by atoms with E-state index in [1.165, 1.54) is 12.8 Å². The fourth-order valence-corrected chi connectivity index (χ4v) is 2.73. The summed E-state index contributed by atoms with van der Waals surface area (Å²) in [6, 6.07) is 7.96. The first-order valence-corrected chi connectivity index (χ1v) is 7.63. The minimum absolute atomic E-state index is 0.209. The molecule has 0 aliphatic carbocycles. The number of benzene rings is 1. The molecule has 1 aromatic rings. The lowest BCUT2D eigenvalue weighted by Crippen LogP contribution is -2.37. The summed E-state index contributed by atoms with van der Waals surface area (Å²) < 4.78 is 1.05. The highest BCUT2D eigenvalue weighted by Crippen LogP contribution is 2.14. The van der Waals surface area contributed by atoms with Crippen molar-refractivity contribution in [3.8, 4) is 0 Å². The van der Waals surface area contributed by atoms with E-state index in [1.54, 1.807) is 0 Å². The first-order valence-electron chi connectivity index (χ1n) is 6.84. The topological polar surface area (TPSA) is 32.3 Å². The molecular formula is C15H21BrN2O. The van der Waals surface area contributed by atoms with Gasteiger partial charge in [0, 0.05) is 18.1 Å². The van der Waals surface area contributed by atoms with Crippen molar-refractivity contribution in [2.45, 2.75) is 19.3 Å². The van der Waals surface area contributed by atoms with Crippen molar-refractivity contribution in [1.29, 1.82) is 0 Å². The van der Waals surface area contributed by atoms with Crippen LogP contribution in [0.25, 0.3) is 0 Å². The fourth-order valence-electron chi connectivity index (χ4n) is 2.47. The first-order chi connectivity index (χ1) is 9.15. The van der Waals surface area contributed by atoms with Crippen LogP contribution >= 0.6 is 15.9 Å². The Hall–Kier alpha value is -0.870. The Morgan fingerprint density at radius 3 is 2.58 bits per heavy atom. The molecule has 1 aromatic carbocycles. The predicted octanol–water partition coefficient (Wildman–Crippen LogP) is 2.45. The minimum atomic E-state index is 0.209. The Morgan fingerprint density at radius 1 is 1.32 bits per heavy atom. The average Bonchev–Trinajstić information content (AvgIpc) is 2.42. The van der Waals surface area contributed by atoms with Crippen molar-refractivity contribution in [2.24, 2.45) is 5.92 Å². The standard InChI is InChI=1S/C15H21BrN2O/c1-18(11-13-6-8-17-9-7-13)15(19)10-12-2-4-14(16)5-3-12/h2-5,13,17H,6-11H2,1H3. The summed E-state index contributed by atoms with van der Waals surface area (Å²) in [7, 11) is 1.92. The monoisotopic (exact) mass is 324 g/mol. The van der Waals surface area contributed by atoms with Gasteiger partial charge in [-0.25, -0.2) is 0 Å². The van der Waals surface area contributed by atoms with Crippen molar-refractivity contribution >= 4 is 21.8 Å². The van der Waals surface area contributed by atoms with Crippen molar-refractivity contribution in [3.05, 3.63) is 34.3 Å². The molecule has 1 fully saturated rings. The molecule has 3 nitrogen and oxygen atoms in total. The number of nitrogens with zero attached hydrogens (tertiary/aromatic N) is 1. The van der Waals surface area contributed by atoms with Crippen molar-refractivity contribution in [3.63, 3.8) is 0 Å². The van der Waals surface area contributed by atoms with Crippen LogP contribution in [-0.4, -0.2) is 37.5 Å². The van der Waals surface area contributed by atoms with E-state index < -0.39 is 0 Å². The van der Waals surface area contributed by atoms with Crippen LogP contribution in [0.5, 0.6) is 0 Å². The Kier molecular flexibility index (Phi) is 5.40. The van der Waals surface area contributed by atoms with Crippen LogP contribution in [0.4, 0.5) is 0 Å².